The molecular weight excluding hydrogens is 490 g/mol. The first kappa shape index (κ1) is 23.7. The minimum absolute atomic E-state index is 0.674. The molecule has 4 N–H and O–H groups in total. The van der Waals surface area contributed by atoms with Crippen molar-refractivity contribution in [2.45, 2.75) is 5.41 Å². The Kier molecular flexibility index (Phi) is 5.56. The van der Waals surface area contributed by atoms with Crippen LogP contribution in [-0.4, -0.2) is 9.97 Å². The van der Waals surface area contributed by atoms with Crippen molar-refractivity contribution >= 4 is 28.4 Å². The van der Waals surface area contributed by atoms with Gasteiger partial charge in [0, 0.05) is 28.8 Å². The molecule has 1 aliphatic heterocycles. The Morgan fingerprint density at radius 1 is 0.550 bits per heavy atom. The van der Waals surface area contributed by atoms with E-state index in [1.807, 2.05) is 79.0 Å². The lowest BCUT2D eigenvalue weighted by Crippen LogP contribution is -2.39. The van der Waals surface area contributed by atoms with Gasteiger partial charge in [-0.15, -0.1) is 0 Å². The summed E-state index contributed by atoms with van der Waals surface area (Å²) in [5, 5.41) is 0. The maximum atomic E-state index is 6.46. The fourth-order valence-electron chi connectivity index (χ4n) is 5.91. The van der Waals surface area contributed by atoms with Crippen molar-refractivity contribution < 1.29 is 0 Å². The van der Waals surface area contributed by atoms with Crippen molar-refractivity contribution in [3.05, 3.63) is 162 Å². The van der Waals surface area contributed by atoms with Crippen LogP contribution in [0.5, 0.6) is 0 Å². The van der Waals surface area contributed by atoms with E-state index in [1.54, 1.807) is 0 Å². The molecule has 0 radical (unpaired) electrons. The van der Waals surface area contributed by atoms with Crippen molar-refractivity contribution in [2.75, 3.05) is 16.4 Å². The highest BCUT2D eigenvalue weighted by atomic mass is 15.2. The number of benzene rings is 4. The number of fused-ring (bicyclic) bond motifs is 2. The standard InChI is InChI=1S/C35H27N5/c36-25-17-19-28-31(22-25)40(27-12-5-2-6-13-27)32-23-26(37)18-20-29(32)35(28,33-15-7-8-21-38-33)34-16-9-14-30(39-34)24-10-3-1-4-11-24/h1-23H,36-37H2. The molecule has 4 aromatic carbocycles. The molecule has 0 fully saturated rings. The van der Waals surface area contributed by atoms with E-state index in [0.717, 1.165) is 50.8 Å². The van der Waals surface area contributed by atoms with E-state index < -0.39 is 5.41 Å². The summed E-state index contributed by atoms with van der Waals surface area (Å²) in [5.74, 6) is 0. The second-order valence-electron chi connectivity index (χ2n) is 9.96. The molecule has 0 amide bonds. The number of pyridine rings is 2. The average molecular weight is 518 g/mol. The highest BCUT2D eigenvalue weighted by Crippen LogP contribution is 2.57. The van der Waals surface area contributed by atoms with Crippen LogP contribution in [-0.2, 0) is 5.41 Å². The number of aromatic nitrogens is 2. The molecule has 0 saturated carbocycles. The first-order valence-corrected chi connectivity index (χ1v) is 13.3. The summed E-state index contributed by atoms with van der Waals surface area (Å²) >= 11 is 0. The molecule has 0 unspecified atom stereocenters. The summed E-state index contributed by atoms with van der Waals surface area (Å²) in [6.45, 7) is 0. The van der Waals surface area contributed by atoms with Crippen molar-refractivity contribution in [1.82, 2.24) is 9.97 Å². The molecule has 5 nitrogen and oxygen atoms in total. The number of nitrogen functional groups attached to an aromatic ring is 2. The third-order valence-electron chi connectivity index (χ3n) is 7.60. The van der Waals surface area contributed by atoms with Crippen molar-refractivity contribution in [3.63, 3.8) is 0 Å². The number of hydrogen-bond acceptors (Lipinski definition) is 5. The van der Waals surface area contributed by atoms with Gasteiger partial charge in [0.15, 0.2) is 0 Å². The van der Waals surface area contributed by atoms with Gasteiger partial charge in [0.2, 0.25) is 0 Å². The second kappa shape index (κ2) is 9.40. The third kappa shape index (κ3) is 3.63. The van der Waals surface area contributed by atoms with E-state index in [4.69, 9.17) is 21.4 Å². The number of para-hydroxylation sites is 1. The molecule has 5 heteroatoms. The fourth-order valence-corrected chi connectivity index (χ4v) is 5.91. The summed E-state index contributed by atoms with van der Waals surface area (Å²) in [6, 6.07) is 45.1. The van der Waals surface area contributed by atoms with E-state index in [2.05, 4.69) is 65.6 Å². The van der Waals surface area contributed by atoms with E-state index in [1.165, 1.54) is 0 Å². The molecule has 40 heavy (non-hydrogen) atoms. The topological polar surface area (TPSA) is 81.1 Å². The third-order valence-corrected chi connectivity index (χ3v) is 7.60. The van der Waals surface area contributed by atoms with Gasteiger partial charge in [-0.1, -0.05) is 72.8 Å². The van der Waals surface area contributed by atoms with E-state index >= 15 is 0 Å². The lowest BCUT2D eigenvalue weighted by atomic mass is 9.65. The Hall–Kier alpha value is -5.42. The zero-order chi connectivity index (χ0) is 27.1. The van der Waals surface area contributed by atoms with Crippen LogP contribution < -0.4 is 16.4 Å². The predicted octanol–water partition coefficient (Wildman–Crippen LogP) is 7.47. The molecule has 0 aliphatic carbocycles. The Labute approximate surface area is 233 Å². The van der Waals surface area contributed by atoms with Crippen LogP contribution in [0.25, 0.3) is 11.3 Å². The van der Waals surface area contributed by atoms with Gasteiger partial charge in [0.25, 0.3) is 0 Å². The average Bonchev–Trinajstić information content (AvgIpc) is 3.01. The molecule has 6 aromatic rings. The van der Waals surface area contributed by atoms with Gasteiger partial charge >= 0.3 is 0 Å². The number of anilines is 5. The second-order valence-corrected chi connectivity index (χ2v) is 9.96. The predicted molar refractivity (Wildman–Crippen MR) is 163 cm³/mol. The lowest BCUT2D eigenvalue weighted by molar-refractivity contribution is 0.679. The molecule has 192 valence electrons. The quantitative estimate of drug-likeness (QED) is 0.237. The van der Waals surface area contributed by atoms with Crippen molar-refractivity contribution in [3.8, 4) is 11.3 Å². The molecule has 1 aliphatic rings. The Bertz CT molecular complexity index is 1760. The minimum atomic E-state index is -0.830. The van der Waals surface area contributed by atoms with Gasteiger partial charge in [-0.3, -0.25) is 9.97 Å². The van der Waals surface area contributed by atoms with Crippen LogP contribution in [0.4, 0.5) is 28.4 Å². The highest BCUT2D eigenvalue weighted by Gasteiger charge is 2.48. The number of nitrogens with zero attached hydrogens (tertiary/aromatic N) is 3. The Balaban J connectivity index is 1.63. The molecule has 0 atom stereocenters. The SMILES string of the molecule is Nc1ccc2c(c1)N(c1ccccc1)c1cc(N)ccc1C2(c1ccccn1)c1cccc(-c2ccccc2)n1. The Morgan fingerprint density at radius 2 is 1.15 bits per heavy atom. The van der Waals surface area contributed by atoms with Crippen LogP contribution in [0.15, 0.2) is 140 Å². The van der Waals surface area contributed by atoms with Crippen molar-refractivity contribution in [2.24, 2.45) is 0 Å². The molecule has 0 bridgehead atoms. The molecule has 7 rings (SSSR count). The zero-order valence-corrected chi connectivity index (χ0v) is 21.8. The van der Waals surface area contributed by atoms with Gasteiger partial charge in [-0.05, 0) is 71.8 Å². The van der Waals surface area contributed by atoms with Crippen LogP contribution in [0, 0.1) is 0 Å². The van der Waals surface area contributed by atoms with Gasteiger partial charge in [0.05, 0.1) is 28.5 Å². The number of nitrogens with two attached hydrogens (primary N) is 2. The van der Waals surface area contributed by atoms with Gasteiger partial charge < -0.3 is 16.4 Å². The van der Waals surface area contributed by atoms with Gasteiger partial charge in [0.1, 0.15) is 5.41 Å². The summed E-state index contributed by atoms with van der Waals surface area (Å²) in [4.78, 5) is 12.5. The maximum Gasteiger partial charge on any atom is 0.109 e. The van der Waals surface area contributed by atoms with Gasteiger partial charge in [-0.2, -0.15) is 0 Å². The first-order valence-electron chi connectivity index (χ1n) is 13.3. The minimum Gasteiger partial charge on any atom is -0.399 e. The largest absolute Gasteiger partial charge is 0.399 e. The Morgan fingerprint density at radius 3 is 1.77 bits per heavy atom. The number of rotatable bonds is 4. The van der Waals surface area contributed by atoms with E-state index in [0.29, 0.717) is 11.4 Å². The highest BCUT2D eigenvalue weighted by molar-refractivity contribution is 5.91. The smallest absolute Gasteiger partial charge is 0.109 e. The van der Waals surface area contributed by atoms with Crippen LogP contribution in [0.1, 0.15) is 22.5 Å². The fraction of sp³-hybridized carbons (Fsp3) is 0.0286. The normalized spacial score (nSPS) is 13.3. The lowest BCUT2D eigenvalue weighted by Gasteiger charge is -2.45. The summed E-state index contributed by atoms with van der Waals surface area (Å²) in [5.41, 5.74) is 22.1. The molecule has 0 saturated heterocycles. The zero-order valence-electron chi connectivity index (χ0n) is 21.8. The molecular formula is C35H27N5. The van der Waals surface area contributed by atoms with Gasteiger partial charge in [-0.25, -0.2) is 0 Å². The molecule has 0 spiro atoms. The summed E-state index contributed by atoms with van der Waals surface area (Å²) < 4.78 is 0. The summed E-state index contributed by atoms with van der Waals surface area (Å²) in [6.07, 6.45) is 1.84. The van der Waals surface area contributed by atoms with E-state index in [-0.39, 0.29) is 0 Å². The summed E-state index contributed by atoms with van der Waals surface area (Å²) in [7, 11) is 0. The monoisotopic (exact) mass is 517 g/mol. The van der Waals surface area contributed by atoms with Crippen LogP contribution in [0.2, 0.25) is 0 Å². The van der Waals surface area contributed by atoms with Crippen LogP contribution in [0.3, 0.4) is 0 Å². The first-order chi connectivity index (χ1) is 19.7. The maximum absolute atomic E-state index is 6.46. The molecule has 2 aromatic heterocycles. The van der Waals surface area contributed by atoms with Crippen molar-refractivity contribution in [1.29, 1.82) is 0 Å². The number of hydrogen-bond donors (Lipinski definition) is 2. The van der Waals surface area contributed by atoms with Crippen LogP contribution >= 0.6 is 0 Å². The molecule has 3 heterocycles. The van der Waals surface area contributed by atoms with E-state index in [9.17, 15) is 0 Å².